The molecule has 0 aliphatic rings. The van der Waals surface area contributed by atoms with Gasteiger partial charge in [-0.3, -0.25) is 0 Å². The Bertz CT molecular complexity index is 361. The molecule has 0 saturated carbocycles. The van der Waals surface area contributed by atoms with Crippen LogP contribution in [-0.2, 0) is 12.7 Å². The Morgan fingerprint density at radius 3 is 2.44 bits per heavy atom. The molecule has 1 N–H and O–H groups in total. The van der Waals surface area contributed by atoms with Crippen LogP contribution in [0.4, 0.5) is 13.2 Å². The summed E-state index contributed by atoms with van der Waals surface area (Å²) in [6, 6.07) is 4.18. The lowest BCUT2D eigenvalue weighted by Gasteiger charge is -2.12. The molecule has 0 bridgehead atoms. The highest BCUT2D eigenvalue weighted by molar-refractivity contribution is 6.31. The van der Waals surface area contributed by atoms with Crippen LogP contribution in [0.25, 0.3) is 0 Å². The van der Waals surface area contributed by atoms with Gasteiger partial charge in [0, 0.05) is 12.6 Å². The molecule has 0 aliphatic heterocycles. The van der Waals surface area contributed by atoms with Crippen molar-refractivity contribution in [1.82, 2.24) is 5.32 Å². The topological polar surface area (TPSA) is 12.0 Å². The molecular formula is C11H13ClF3N. The summed E-state index contributed by atoms with van der Waals surface area (Å²) < 4.78 is 37.6. The highest BCUT2D eigenvalue weighted by atomic mass is 35.5. The van der Waals surface area contributed by atoms with Crippen molar-refractivity contribution >= 4 is 11.6 Å². The summed E-state index contributed by atoms with van der Waals surface area (Å²) in [6.07, 6.45) is -4.40. The Balaban J connectivity index is 2.90. The van der Waals surface area contributed by atoms with E-state index in [0.717, 1.165) is 6.07 Å². The normalized spacial score (nSPS) is 12.2. The zero-order valence-electron chi connectivity index (χ0n) is 9.03. The number of nitrogens with one attached hydrogen (secondary N) is 1. The number of alkyl halides is 3. The minimum Gasteiger partial charge on any atom is -0.310 e. The van der Waals surface area contributed by atoms with Crippen molar-refractivity contribution in [2.45, 2.75) is 32.6 Å². The average molecular weight is 252 g/mol. The van der Waals surface area contributed by atoms with Crippen LogP contribution in [0.2, 0.25) is 5.02 Å². The van der Waals surface area contributed by atoms with Crippen LogP contribution in [0.3, 0.4) is 0 Å². The summed E-state index contributed by atoms with van der Waals surface area (Å²) in [5.41, 5.74) is -0.206. The summed E-state index contributed by atoms with van der Waals surface area (Å²) in [5.74, 6) is 0. The molecule has 1 aromatic carbocycles. The molecule has 5 heteroatoms. The summed E-state index contributed by atoms with van der Waals surface area (Å²) in [4.78, 5) is 0. The molecular weight excluding hydrogens is 239 g/mol. The first-order chi connectivity index (χ1) is 7.30. The third-order valence-electron chi connectivity index (χ3n) is 2.05. The van der Waals surface area contributed by atoms with Crippen molar-refractivity contribution < 1.29 is 13.2 Å². The van der Waals surface area contributed by atoms with Crippen molar-refractivity contribution in [3.63, 3.8) is 0 Å². The van der Waals surface area contributed by atoms with Gasteiger partial charge in [0.2, 0.25) is 0 Å². The lowest BCUT2D eigenvalue weighted by Crippen LogP contribution is -2.22. The number of halogens is 4. The zero-order valence-corrected chi connectivity index (χ0v) is 9.78. The lowest BCUT2D eigenvalue weighted by atomic mass is 10.1. The Morgan fingerprint density at radius 2 is 1.94 bits per heavy atom. The van der Waals surface area contributed by atoms with Crippen LogP contribution < -0.4 is 5.32 Å². The fourth-order valence-electron chi connectivity index (χ4n) is 1.22. The first-order valence-corrected chi connectivity index (χ1v) is 5.27. The van der Waals surface area contributed by atoms with Gasteiger partial charge in [-0.1, -0.05) is 31.5 Å². The molecule has 0 aliphatic carbocycles. The Morgan fingerprint density at radius 1 is 1.31 bits per heavy atom. The number of hydrogen-bond donors (Lipinski definition) is 1. The monoisotopic (exact) mass is 251 g/mol. The molecule has 0 radical (unpaired) electrons. The van der Waals surface area contributed by atoms with Gasteiger partial charge < -0.3 is 5.32 Å². The van der Waals surface area contributed by atoms with E-state index in [0.29, 0.717) is 12.1 Å². The first kappa shape index (κ1) is 13.3. The molecule has 16 heavy (non-hydrogen) atoms. The van der Waals surface area contributed by atoms with Gasteiger partial charge >= 0.3 is 6.18 Å². The van der Waals surface area contributed by atoms with Gasteiger partial charge in [-0.2, -0.15) is 13.2 Å². The largest absolute Gasteiger partial charge is 0.417 e. The van der Waals surface area contributed by atoms with Crippen LogP contribution >= 0.6 is 11.6 Å². The molecule has 0 fully saturated rings. The molecule has 1 rings (SSSR count). The van der Waals surface area contributed by atoms with Crippen LogP contribution in [0.1, 0.15) is 25.0 Å². The van der Waals surface area contributed by atoms with Crippen molar-refractivity contribution in [3.8, 4) is 0 Å². The average Bonchev–Trinajstić information content (AvgIpc) is 2.14. The second-order valence-corrected chi connectivity index (χ2v) is 4.25. The summed E-state index contributed by atoms with van der Waals surface area (Å²) >= 11 is 5.50. The Hall–Kier alpha value is -0.740. The zero-order chi connectivity index (χ0) is 12.3. The fraction of sp³-hybridized carbons (Fsp3) is 0.455. The van der Waals surface area contributed by atoms with Gasteiger partial charge in [-0.05, 0) is 17.7 Å². The predicted octanol–water partition coefficient (Wildman–Crippen LogP) is 3.86. The molecule has 90 valence electrons. The molecule has 1 aromatic rings. The molecule has 0 heterocycles. The smallest absolute Gasteiger partial charge is 0.310 e. The van der Waals surface area contributed by atoms with Crippen molar-refractivity contribution in [3.05, 3.63) is 34.3 Å². The van der Waals surface area contributed by atoms with Crippen LogP contribution in [0.15, 0.2) is 18.2 Å². The van der Waals surface area contributed by atoms with Crippen LogP contribution in [0, 0.1) is 0 Å². The van der Waals surface area contributed by atoms with E-state index in [1.54, 1.807) is 6.07 Å². The predicted molar refractivity (Wildman–Crippen MR) is 58.4 cm³/mol. The van der Waals surface area contributed by atoms with E-state index < -0.39 is 11.7 Å². The number of benzene rings is 1. The second-order valence-electron chi connectivity index (χ2n) is 3.85. The summed E-state index contributed by atoms with van der Waals surface area (Å²) in [7, 11) is 0. The van der Waals surface area contributed by atoms with Gasteiger partial charge in [-0.15, -0.1) is 0 Å². The maximum Gasteiger partial charge on any atom is 0.417 e. The van der Waals surface area contributed by atoms with Crippen LogP contribution in [-0.4, -0.2) is 6.04 Å². The summed E-state index contributed by atoms with van der Waals surface area (Å²) in [5, 5.41) is 2.79. The van der Waals surface area contributed by atoms with Gasteiger partial charge in [0.15, 0.2) is 0 Å². The molecule has 0 aromatic heterocycles. The van der Waals surface area contributed by atoms with Gasteiger partial charge in [0.1, 0.15) is 0 Å². The van der Waals surface area contributed by atoms with Gasteiger partial charge in [-0.25, -0.2) is 0 Å². The minimum absolute atomic E-state index is 0.227. The highest BCUT2D eigenvalue weighted by Gasteiger charge is 2.33. The van der Waals surface area contributed by atoms with E-state index in [1.165, 1.54) is 6.07 Å². The lowest BCUT2D eigenvalue weighted by molar-refractivity contribution is -0.137. The van der Waals surface area contributed by atoms with Gasteiger partial charge in [0.05, 0.1) is 10.6 Å². The maximum atomic E-state index is 12.5. The number of hydrogen-bond acceptors (Lipinski definition) is 1. The molecule has 0 atom stereocenters. The molecule has 1 nitrogen and oxygen atoms in total. The van der Waals surface area contributed by atoms with E-state index >= 15 is 0 Å². The van der Waals surface area contributed by atoms with E-state index in [1.807, 2.05) is 13.8 Å². The minimum atomic E-state index is -4.40. The Labute approximate surface area is 97.6 Å². The van der Waals surface area contributed by atoms with E-state index in [4.69, 9.17) is 11.6 Å². The summed E-state index contributed by atoms with van der Waals surface area (Å²) in [6.45, 7) is 4.26. The fourth-order valence-corrected chi connectivity index (χ4v) is 1.45. The molecule has 0 amide bonds. The molecule has 0 saturated heterocycles. The van der Waals surface area contributed by atoms with E-state index in [2.05, 4.69) is 5.32 Å². The molecule has 0 spiro atoms. The SMILES string of the molecule is CC(C)NCc1ccc(Cl)c(C(F)(F)F)c1. The van der Waals surface area contributed by atoms with Crippen molar-refractivity contribution in [2.75, 3.05) is 0 Å². The highest BCUT2D eigenvalue weighted by Crippen LogP contribution is 2.35. The third-order valence-corrected chi connectivity index (χ3v) is 2.38. The second kappa shape index (κ2) is 5.06. The first-order valence-electron chi connectivity index (χ1n) is 4.89. The maximum absolute atomic E-state index is 12.5. The van der Waals surface area contributed by atoms with Crippen molar-refractivity contribution in [2.24, 2.45) is 0 Å². The van der Waals surface area contributed by atoms with Crippen molar-refractivity contribution in [1.29, 1.82) is 0 Å². The quantitative estimate of drug-likeness (QED) is 0.860. The third kappa shape index (κ3) is 3.68. The van der Waals surface area contributed by atoms with E-state index in [9.17, 15) is 13.2 Å². The standard InChI is InChI=1S/C11H13ClF3N/c1-7(2)16-6-8-3-4-10(12)9(5-8)11(13,14)15/h3-5,7,16H,6H2,1-2H3. The number of rotatable bonds is 3. The van der Waals surface area contributed by atoms with Crippen LogP contribution in [0.5, 0.6) is 0 Å². The Kier molecular flexibility index (Phi) is 4.21. The molecule has 0 unspecified atom stereocenters. The van der Waals surface area contributed by atoms with Gasteiger partial charge in [0.25, 0.3) is 0 Å². The van der Waals surface area contributed by atoms with E-state index in [-0.39, 0.29) is 11.1 Å².